The molecular weight excluding hydrogens is 120 g/mol. The van der Waals surface area contributed by atoms with Gasteiger partial charge in [0.15, 0.2) is 0 Å². The number of hydrogen-bond acceptors (Lipinski definition) is 4. The molecule has 9 heavy (non-hydrogen) atoms. The molecule has 0 spiro atoms. The highest BCUT2D eigenvalue weighted by molar-refractivity contribution is 5.87. The zero-order valence-corrected chi connectivity index (χ0v) is 5.44. The van der Waals surface area contributed by atoms with Gasteiger partial charge in [-0.1, -0.05) is 0 Å². The fourth-order valence-electron chi connectivity index (χ4n) is 0.331. The van der Waals surface area contributed by atoms with Gasteiger partial charge in [-0.25, -0.2) is 0 Å². The molecule has 0 aliphatic carbocycles. The molecule has 0 rings (SSSR count). The molecule has 0 amide bonds. The van der Waals surface area contributed by atoms with Crippen LogP contribution in [0, 0.1) is 5.41 Å². The third kappa shape index (κ3) is 3.52. The van der Waals surface area contributed by atoms with Crippen molar-refractivity contribution in [2.75, 3.05) is 0 Å². The maximum atomic E-state index is 8.05. The van der Waals surface area contributed by atoms with Crippen LogP contribution in [0.5, 0.6) is 0 Å². The van der Waals surface area contributed by atoms with Gasteiger partial charge in [0.05, 0.1) is 12.4 Å². The van der Waals surface area contributed by atoms with E-state index in [1.54, 1.807) is 13.8 Å². The van der Waals surface area contributed by atoms with Crippen molar-refractivity contribution in [2.24, 2.45) is 15.7 Å². The van der Waals surface area contributed by atoms with E-state index in [2.05, 4.69) is 10.3 Å². The molecule has 0 heterocycles. The molecule has 0 saturated carbocycles. The van der Waals surface area contributed by atoms with Crippen molar-refractivity contribution >= 4 is 12.4 Å². The Morgan fingerprint density at radius 3 is 1.67 bits per heavy atom. The summed E-state index contributed by atoms with van der Waals surface area (Å²) in [5.41, 5.74) is -0.483. The number of oxime groups is 2. The highest BCUT2D eigenvalue weighted by atomic mass is 16.4. The SMILES string of the molecule is CC(C)(C=NO)C=NO. The van der Waals surface area contributed by atoms with E-state index in [0.717, 1.165) is 0 Å². The van der Waals surface area contributed by atoms with Crippen molar-refractivity contribution in [3.8, 4) is 0 Å². The van der Waals surface area contributed by atoms with Crippen LogP contribution in [0.1, 0.15) is 13.8 Å². The Balaban J connectivity index is 4.01. The first kappa shape index (κ1) is 7.94. The van der Waals surface area contributed by atoms with E-state index in [9.17, 15) is 0 Å². The van der Waals surface area contributed by atoms with Crippen molar-refractivity contribution in [3.05, 3.63) is 0 Å². The molecule has 0 radical (unpaired) electrons. The standard InChI is InChI=1S/C5H10N2O2/c1-5(2,3-6-8)4-7-9/h3-4,8-9H,1-2H3. The largest absolute Gasteiger partial charge is 0.411 e. The highest BCUT2D eigenvalue weighted by Gasteiger charge is 2.10. The molecule has 4 heteroatoms. The maximum absolute atomic E-state index is 8.05. The van der Waals surface area contributed by atoms with Crippen molar-refractivity contribution in [1.82, 2.24) is 0 Å². The third-order valence-corrected chi connectivity index (χ3v) is 0.781. The van der Waals surface area contributed by atoms with E-state index in [-0.39, 0.29) is 0 Å². The molecule has 0 atom stereocenters. The fraction of sp³-hybridized carbons (Fsp3) is 0.600. The fourth-order valence-corrected chi connectivity index (χ4v) is 0.331. The molecule has 0 bridgehead atoms. The lowest BCUT2D eigenvalue weighted by Crippen LogP contribution is -2.14. The lowest BCUT2D eigenvalue weighted by Gasteiger charge is -2.07. The van der Waals surface area contributed by atoms with Gasteiger partial charge in [0.25, 0.3) is 0 Å². The zero-order valence-electron chi connectivity index (χ0n) is 5.44. The number of rotatable bonds is 2. The van der Waals surface area contributed by atoms with E-state index in [1.165, 1.54) is 12.4 Å². The van der Waals surface area contributed by atoms with Crippen LogP contribution in [0.25, 0.3) is 0 Å². The van der Waals surface area contributed by atoms with Gasteiger partial charge < -0.3 is 10.4 Å². The first-order valence-electron chi connectivity index (χ1n) is 2.49. The smallest absolute Gasteiger partial charge is 0.0546 e. The zero-order chi connectivity index (χ0) is 7.33. The van der Waals surface area contributed by atoms with Crippen LogP contribution in [0.15, 0.2) is 10.3 Å². The van der Waals surface area contributed by atoms with Gasteiger partial charge in [-0.15, -0.1) is 10.3 Å². The van der Waals surface area contributed by atoms with Gasteiger partial charge in [-0.2, -0.15) is 0 Å². The van der Waals surface area contributed by atoms with Gasteiger partial charge in [-0.3, -0.25) is 0 Å². The minimum Gasteiger partial charge on any atom is -0.411 e. The van der Waals surface area contributed by atoms with Crippen LogP contribution in [-0.2, 0) is 0 Å². The van der Waals surface area contributed by atoms with Gasteiger partial charge in [0.2, 0.25) is 0 Å². The quantitative estimate of drug-likeness (QED) is 0.332. The minimum atomic E-state index is -0.483. The molecule has 0 aromatic heterocycles. The first-order chi connectivity index (χ1) is 4.12. The van der Waals surface area contributed by atoms with Crippen LogP contribution in [0.4, 0.5) is 0 Å². The molecule has 4 nitrogen and oxygen atoms in total. The Morgan fingerprint density at radius 1 is 1.11 bits per heavy atom. The van der Waals surface area contributed by atoms with Crippen LogP contribution in [-0.4, -0.2) is 22.8 Å². The lowest BCUT2D eigenvalue weighted by molar-refractivity contribution is 0.312. The summed E-state index contributed by atoms with van der Waals surface area (Å²) in [6, 6.07) is 0. The summed E-state index contributed by atoms with van der Waals surface area (Å²) in [6.45, 7) is 3.48. The van der Waals surface area contributed by atoms with Crippen molar-refractivity contribution in [3.63, 3.8) is 0 Å². The molecule has 2 N–H and O–H groups in total. The summed E-state index contributed by atoms with van der Waals surface area (Å²) in [4.78, 5) is 0. The molecule has 0 aliphatic rings. The topological polar surface area (TPSA) is 65.2 Å². The van der Waals surface area contributed by atoms with E-state index in [1.807, 2.05) is 0 Å². The normalized spacial score (nSPS) is 13.6. The summed E-state index contributed by atoms with van der Waals surface area (Å²) in [5, 5.41) is 21.7. The lowest BCUT2D eigenvalue weighted by atomic mass is 9.98. The van der Waals surface area contributed by atoms with E-state index in [4.69, 9.17) is 10.4 Å². The molecular formula is C5H10N2O2. The van der Waals surface area contributed by atoms with Crippen molar-refractivity contribution < 1.29 is 10.4 Å². The molecule has 0 saturated heterocycles. The summed E-state index contributed by atoms with van der Waals surface area (Å²) >= 11 is 0. The van der Waals surface area contributed by atoms with Crippen LogP contribution in [0.3, 0.4) is 0 Å². The number of hydrogen-bond donors (Lipinski definition) is 2. The second kappa shape index (κ2) is 3.06. The van der Waals surface area contributed by atoms with Gasteiger partial charge in [0.1, 0.15) is 0 Å². The summed E-state index contributed by atoms with van der Waals surface area (Å²) in [6.07, 6.45) is 2.54. The van der Waals surface area contributed by atoms with Gasteiger partial charge in [-0.05, 0) is 13.8 Å². The molecule has 0 aromatic carbocycles. The monoisotopic (exact) mass is 130 g/mol. The molecule has 52 valence electrons. The average Bonchev–Trinajstić information content (AvgIpc) is 1.64. The average molecular weight is 130 g/mol. The Hall–Kier alpha value is -1.06. The van der Waals surface area contributed by atoms with Gasteiger partial charge in [0, 0.05) is 5.41 Å². The minimum absolute atomic E-state index is 0.483. The second-order valence-electron chi connectivity index (χ2n) is 2.31. The van der Waals surface area contributed by atoms with Crippen LogP contribution >= 0.6 is 0 Å². The van der Waals surface area contributed by atoms with Crippen LogP contribution in [0.2, 0.25) is 0 Å². The predicted octanol–water partition coefficient (Wildman–Crippen LogP) is 0.933. The molecule has 0 aliphatic heterocycles. The van der Waals surface area contributed by atoms with Crippen molar-refractivity contribution in [2.45, 2.75) is 13.8 Å². The Bertz CT molecular complexity index is 115. The van der Waals surface area contributed by atoms with E-state index in [0.29, 0.717) is 0 Å². The maximum Gasteiger partial charge on any atom is 0.0546 e. The number of nitrogens with zero attached hydrogens (tertiary/aromatic N) is 2. The third-order valence-electron chi connectivity index (χ3n) is 0.781. The predicted molar refractivity (Wildman–Crippen MR) is 34.3 cm³/mol. The molecule has 0 unspecified atom stereocenters. The Morgan fingerprint density at radius 2 is 1.44 bits per heavy atom. The summed E-state index contributed by atoms with van der Waals surface area (Å²) in [5.74, 6) is 0. The Labute approximate surface area is 53.5 Å². The summed E-state index contributed by atoms with van der Waals surface area (Å²) in [7, 11) is 0. The van der Waals surface area contributed by atoms with Gasteiger partial charge >= 0.3 is 0 Å². The molecule has 0 fully saturated rings. The molecule has 0 aromatic rings. The first-order valence-corrected chi connectivity index (χ1v) is 2.49. The van der Waals surface area contributed by atoms with Crippen molar-refractivity contribution in [1.29, 1.82) is 0 Å². The Kier molecular flexibility index (Phi) is 2.70. The van der Waals surface area contributed by atoms with Crippen LogP contribution < -0.4 is 0 Å². The highest BCUT2D eigenvalue weighted by Crippen LogP contribution is 2.06. The second-order valence-corrected chi connectivity index (χ2v) is 2.31. The van der Waals surface area contributed by atoms with E-state index >= 15 is 0 Å². The van der Waals surface area contributed by atoms with E-state index < -0.39 is 5.41 Å². The summed E-state index contributed by atoms with van der Waals surface area (Å²) < 4.78 is 0.